The monoisotopic (exact) mass is 483 g/mol. The van der Waals surface area contributed by atoms with Crippen molar-refractivity contribution in [3.05, 3.63) is 23.5 Å². The highest BCUT2D eigenvalue weighted by atomic mass is 16.6. The third-order valence-electron chi connectivity index (χ3n) is 5.35. The first-order valence-electron chi connectivity index (χ1n) is 11.8. The van der Waals surface area contributed by atoms with Crippen molar-refractivity contribution in [2.45, 2.75) is 67.0 Å². The normalized spacial score (nSPS) is 22.4. The number of aromatic nitrogens is 1. The van der Waals surface area contributed by atoms with Crippen LogP contribution in [0.1, 0.15) is 52.9 Å². The Bertz CT molecular complexity index is 706. The van der Waals surface area contributed by atoms with E-state index in [1.54, 1.807) is 12.1 Å². The molecule has 9 nitrogen and oxygen atoms in total. The highest BCUT2D eigenvalue weighted by molar-refractivity contribution is 5.68. The number of nitrogens with zero attached hydrogens (tertiary/aromatic N) is 1. The molecule has 0 spiro atoms. The maximum atomic E-state index is 11.0. The van der Waals surface area contributed by atoms with E-state index in [-0.39, 0.29) is 36.3 Å². The van der Waals surface area contributed by atoms with E-state index in [0.717, 1.165) is 0 Å². The van der Waals surface area contributed by atoms with Gasteiger partial charge in [0.25, 0.3) is 0 Å². The van der Waals surface area contributed by atoms with Gasteiger partial charge >= 0.3 is 5.97 Å². The van der Waals surface area contributed by atoms with E-state index >= 15 is 0 Å². The molecule has 2 bridgehead atoms. The third kappa shape index (κ3) is 10.7. The Labute approximate surface area is 203 Å². The van der Waals surface area contributed by atoms with Gasteiger partial charge in [0.05, 0.1) is 76.5 Å². The molecule has 0 amide bonds. The summed E-state index contributed by atoms with van der Waals surface area (Å²) in [5.41, 5.74) is 0.949. The Morgan fingerprint density at radius 3 is 1.74 bits per heavy atom. The van der Waals surface area contributed by atoms with Crippen LogP contribution in [0.3, 0.4) is 0 Å². The van der Waals surface area contributed by atoms with E-state index in [4.69, 9.17) is 33.5 Å². The van der Waals surface area contributed by atoms with Crippen LogP contribution in [0.25, 0.3) is 0 Å². The van der Waals surface area contributed by atoms with E-state index in [2.05, 4.69) is 46.5 Å². The maximum Gasteiger partial charge on any atom is 0.341 e. The number of fused-ring (bicyclic) bond motifs is 2. The molecule has 0 unspecified atom stereocenters. The van der Waals surface area contributed by atoms with E-state index in [0.29, 0.717) is 56.8 Å². The second kappa shape index (κ2) is 13.3. The Morgan fingerprint density at radius 2 is 1.32 bits per heavy atom. The van der Waals surface area contributed by atoms with Crippen molar-refractivity contribution in [3.63, 3.8) is 0 Å². The fourth-order valence-electron chi connectivity index (χ4n) is 3.18. The number of ether oxygens (including phenoxy) is 6. The molecule has 0 saturated heterocycles. The van der Waals surface area contributed by atoms with Gasteiger partial charge in [0.15, 0.2) is 6.61 Å². The Hall–Kier alpha value is -1.78. The fourth-order valence-corrected chi connectivity index (χ4v) is 3.18. The summed E-state index contributed by atoms with van der Waals surface area (Å²) in [7, 11) is 0. The molecule has 1 aromatic rings. The molecule has 194 valence electrons. The number of rotatable bonds is 3. The molecule has 1 aromatic heterocycles. The number of hydrogen-bond acceptors (Lipinski definition) is 8. The predicted molar refractivity (Wildman–Crippen MR) is 126 cm³/mol. The van der Waals surface area contributed by atoms with Gasteiger partial charge in [-0.2, -0.15) is 0 Å². The highest BCUT2D eigenvalue weighted by Gasteiger charge is 2.27. The summed E-state index contributed by atoms with van der Waals surface area (Å²) in [6.45, 7) is 15.3. The zero-order valence-corrected chi connectivity index (χ0v) is 21.4. The Morgan fingerprint density at radius 1 is 0.882 bits per heavy atom. The van der Waals surface area contributed by atoms with Gasteiger partial charge in [-0.15, -0.1) is 0 Å². The lowest BCUT2D eigenvalue weighted by Gasteiger charge is -2.31. The SMILES string of the molecule is CC(C)(C)[C@@H]1COCCOCCOC[C@@H](C(C)(C)C)OCc2cc(OCC(=O)O)cc(n2)CO1. The second-order valence-electron chi connectivity index (χ2n) is 10.6. The third-order valence-corrected chi connectivity index (χ3v) is 5.35. The summed E-state index contributed by atoms with van der Waals surface area (Å²) < 4.78 is 35.0. The Balaban J connectivity index is 2.25. The summed E-state index contributed by atoms with van der Waals surface area (Å²) >= 11 is 0. The molecule has 0 fully saturated rings. The van der Waals surface area contributed by atoms with Crippen LogP contribution in [0.5, 0.6) is 5.75 Å². The lowest BCUT2D eigenvalue weighted by molar-refractivity contribution is -0.139. The van der Waals surface area contributed by atoms with Gasteiger partial charge in [0.1, 0.15) is 5.75 Å². The molecule has 2 heterocycles. The molecule has 0 saturated carbocycles. The standard InChI is InChI=1S/C25H41NO8/c1-24(2,3)21-15-30-9-7-29-8-10-31-16-22(25(4,5)6)34-14-19-12-20(32-17-23(27)28)11-18(26-19)13-33-21/h11-12,21-22H,7-10,13-17H2,1-6H3,(H,27,28)/t21-,22-/m0/s1. The lowest BCUT2D eigenvalue weighted by atomic mass is 9.89. The summed E-state index contributed by atoms with van der Waals surface area (Å²) in [5.74, 6) is -0.638. The number of carboxylic acids is 1. The first-order valence-corrected chi connectivity index (χ1v) is 11.8. The van der Waals surface area contributed by atoms with Crippen LogP contribution in [0.4, 0.5) is 0 Å². The highest BCUT2D eigenvalue weighted by Crippen LogP contribution is 2.26. The van der Waals surface area contributed by atoms with Crippen molar-refractivity contribution in [1.82, 2.24) is 4.98 Å². The van der Waals surface area contributed by atoms with Gasteiger partial charge < -0.3 is 33.5 Å². The van der Waals surface area contributed by atoms with Crippen molar-refractivity contribution >= 4 is 5.97 Å². The summed E-state index contributed by atoms with van der Waals surface area (Å²) in [5, 5.41) is 9.01. The number of aliphatic carboxylic acids is 1. The van der Waals surface area contributed by atoms with Crippen LogP contribution in [-0.2, 0) is 41.7 Å². The molecule has 2 atom stereocenters. The van der Waals surface area contributed by atoms with Crippen molar-refractivity contribution in [2.75, 3.05) is 46.2 Å². The maximum absolute atomic E-state index is 11.0. The van der Waals surface area contributed by atoms with E-state index in [1.165, 1.54) is 0 Å². The van der Waals surface area contributed by atoms with Crippen molar-refractivity contribution in [3.8, 4) is 5.75 Å². The first kappa shape index (κ1) is 28.5. The van der Waals surface area contributed by atoms with Crippen LogP contribution < -0.4 is 4.74 Å². The fraction of sp³-hybridized carbons (Fsp3) is 0.760. The largest absolute Gasteiger partial charge is 0.482 e. The molecule has 0 radical (unpaired) electrons. The summed E-state index contributed by atoms with van der Waals surface area (Å²) in [6.07, 6.45) is -0.352. The number of hydrogen-bond donors (Lipinski definition) is 1. The Kier molecular flexibility index (Phi) is 11.2. The molecule has 9 heteroatoms. The molecular formula is C25H41NO8. The molecule has 34 heavy (non-hydrogen) atoms. The van der Waals surface area contributed by atoms with Gasteiger partial charge in [-0.1, -0.05) is 41.5 Å². The minimum Gasteiger partial charge on any atom is -0.482 e. The summed E-state index contributed by atoms with van der Waals surface area (Å²) in [4.78, 5) is 15.7. The first-order chi connectivity index (χ1) is 15.9. The quantitative estimate of drug-likeness (QED) is 0.692. The van der Waals surface area contributed by atoms with Gasteiger partial charge in [-0.25, -0.2) is 4.79 Å². The van der Waals surface area contributed by atoms with Crippen molar-refractivity contribution in [2.24, 2.45) is 10.8 Å². The van der Waals surface area contributed by atoms with Crippen LogP contribution >= 0.6 is 0 Å². The number of pyridine rings is 1. The molecule has 1 N–H and O–H groups in total. The smallest absolute Gasteiger partial charge is 0.341 e. The minimum atomic E-state index is -1.05. The van der Waals surface area contributed by atoms with Crippen LogP contribution in [0, 0.1) is 10.8 Å². The molecular weight excluding hydrogens is 442 g/mol. The second-order valence-corrected chi connectivity index (χ2v) is 10.6. The molecule has 1 aliphatic rings. The molecule has 2 rings (SSSR count). The van der Waals surface area contributed by atoms with Crippen molar-refractivity contribution in [1.29, 1.82) is 0 Å². The average molecular weight is 484 g/mol. The van der Waals surface area contributed by atoms with E-state index in [1.807, 2.05) is 0 Å². The minimum absolute atomic E-state index is 0.154. The van der Waals surface area contributed by atoms with Gasteiger partial charge in [0.2, 0.25) is 0 Å². The van der Waals surface area contributed by atoms with Crippen LogP contribution in [0.15, 0.2) is 12.1 Å². The zero-order valence-electron chi connectivity index (χ0n) is 21.4. The summed E-state index contributed by atoms with van der Waals surface area (Å²) in [6, 6.07) is 3.40. The topological polar surface area (TPSA) is 106 Å². The predicted octanol–water partition coefficient (Wildman–Crippen LogP) is 3.47. The van der Waals surface area contributed by atoms with Crippen molar-refractivity contribution < 1.29 is 38.3 Å². The van der Waals surface area contributed by atoms with E-state index in [9.17, 15) is 4.79 Å². The molecule has 0 aliphatic carbocycles. The molecule has 0 aromatic carbocycles. The van der Waals surface area contributed by atoms with Gasteiger partial charge in [-0.3, -0.25) is 4.98 Å². The number of carboxylic acid groups (broad SMARTS) is 1. The van der Waals surface area contributed by atoms with Crippen LogP contribution in [0.2, 0.25) is 0 Å². The van der Waals surface area contributed by atoms with Crippen LogP contribution in [-0.4, -0.2) is 74.5 Å². The number of carbonyl (C=O) groups is 1. The van der Waals surface area contributed by atoms with E-state index < -0.39 is 12.6 Å². The average Bonchev–Trinajstić information content (AvgIpc) is 2.72. The molecule has 1 aliphatic heterocycles. The zero-order chi connectivity index (χ0) is 25.2. The van der Waals surface area contributed by atoms with Gasteiger partial charge in [-0.05, 0) is 10.8 Å². The lowest BCUT2D eigenvalue weighted by Crippen LogP contribution is -2.35. The van der Waals surface area contributed by atoms with Gasteiger partial charge in [0, 0.05) is 12.1 Å².